The van der Waals surface area contributed by atoms with Gasteiger partial charge < -0.3 is 9.88 Å². The highest BCUT2D eigenvalue weighted by Gasteiger charge is 2.23. The molecule has 4 rings (SSSR count). The molecule has 0 bridgehead atoms. The molecule has 1 saturated heterocycles. The number of benzene rings is 1. The standard InChI is InChI=1S/C20H20N4O2/c25-19-17-7-2-1-5-15(17)13-18(22-19)20(26)24-11-9-23(10-12-24)14-16-6-3-4-8-21-16/h1-8,13H,9-12,14H2,(H,22,25). The van der Waals surface area contributed by atoms with Gasteiger partial charge in [0, 0.05) is 44.3 Å². The summed E-state index contributed by atoms with van der Waals surface area (Å²) < 4.78 is 0. The number of carbonyl (C=O) groups is 1. The molecular formula is C20H20N4O2. The van der Waals surface area contributed by atoms with Gasteiger partial charge in [0.25, 0.3) is 11.5 Å². The second kappa shape index (κ2) is 7.09. The number of nitrogens with zero attached hydrogens (tertiary/aromatic N) is 3. The van der Waals surface area contributed by atoms with Gasteiger partial charge >= 0.3 is 0 Å². The lowest BCUT2D eigenvalue weighted by Gasteiger charge is -2.34. The van der Waals surface area contributed by atoms with E-state index in [0.29, 0.717) is 24.2 Å². The fourth-order valence-corrected chi connectivity index (χ4v) is 3.33. The van der Waals surface area contributed by atoms with E-state index in [1.54, 1.807) is 23.2 Å². The SMILES string of the molecule is O=C(c1cc2ccccc2c(=O)[nH]1)N1CCN(Cc2ccccn2)CC1. The predicted octanol–water partition coefficient (Wildman–Crippen LogP) is 1.88. The van der Waals surface area contributed by atoms with Gasteiger partial charge in [-0.05, 0) is 29.7 Å². The van der Waals surface area contributed by atoms with Crippen LogP contribution in [0.4, 0.5) is 0 Å². The van der Waals surface area contributed by atoms with Crippen molar-refractivity contribution in [3.05, 3.63) is 76.5 Å². The Kier molecular flexibility index (Phi) is 4.50. The van der Waals surface area contributed by atoms with E-state index < -0.39 is 0 Å². The Morgan fingerprint density at radius 1 is 1.04 bits per heavy atom. The van der Waals surface area contributed by atoms with Crippen molar-refractivity contribution >= 4 is 16.7 Å². The molecule has 1 amide bonds. The molecule has 0 unspecified atom stereocenters. The third-order valence-electron chi connectivity index (χ3n) is 4.76. The molecule has 1 aliphatic rings. The van der Waals surface area contributed by atoms with Crippen LogP contribution in [0.25, 0.3) is 10.8 Å². The molecule has 132 valence electrons. The monoisotopic (exact) mass is 348 g/mol. The summed E-state index contributed by atoms with van der Waals surface area (Å²) in [6.07, 6.45) is 1.80. The average molecular weight is 348 g/mol. The fourth-order valence-electron chi connectivity index (χ4n) is 3.33. The van der Waals surface area contributed by atoms with E-state index in [9.17, 15) is 9.59 Å². The van der Waals surface area contributed by atoms with Crippen molar-refractivity contribution in [3.8, 4) is 0 Å². The van der Waals surface area contributed by atoms with E-state index in [4.69, 9.17) is 0 Å². The van der Waals surface area contributed by atoms with Crippen LogP contribution >= 0.6 is 0 Å². The van der Waals surface area contributed by atoms with E-state index in [1.165, 1.54) is 0 Å². The number of H-pyrrole nitrogens is 1. The molecule has 26 heavy (non-hydrogen) atoms. The quantitative estimate of drug-likeness (QED) is 0.785. The van der Waals surface area contributed by atoms with Crippen LogP contribution in [0.2, 0.25) is 0 Å². The molecule has 0 atom stereocenters. The van der Waals surface area contributed by atoms with Gasteiger partial charge in [-0.2, -0.15) is 0 Å². The van der Waals surface area contributed by atoms with E-state index in [-0.39, 0.29) is 11.5 Å². The Morgan fingerprint density at radius 3 is 2.58 bits per heavy atom. The number of piperazine rings is 1. The van der Waals surface area contributed by atoms with Crippen LogP contribution in [0, 0.1) is 0 Å². The highest BCUT2D eigenvalue weighted by atomic mass is 16.2. The number of fused-ring (bicyclic) bond motifs is 1. The van der Waals surface area contributed by atoms with Crippen LogP contribution in [0.15, 0.2) is 59.5 Å². The molecule has 3 aromatic rings. The van der Waals surface area contributed by atoms with E-state index >= 15 is 0 Å². The smallest absolute Gasteiger partial charge is 0.270 e. The maximum Gasteiger partial charge on any atom is 0.270 e. The van der Waals surface area contributed by atoms with E-state index in [2.05, 4.69) is 14.9 Å². The topological polar surface area (TPSA) is 69.3 Å². The van der Waals surface area contributed by atoms with Crippen molar-refractivity contribution < 1.29 is 4.79 Å². The van der Waals surface area contributed by atoms with Crippen molar-refractivity contribution in [2.45, 2.75) is 6.54 Å². The molecule has 0 radical (unpaired) electrons. The van der Waals surface area contributed by atoms with Crippen molar-refractivity contribution in [2.24, 2.45) is 0 Å². The first kappa shape index (κ1) is 16.5. The Hall–Kier alpha value is -2.99. The highest BCUT2D eigenvalue weighted by molar-refractivity contribution is 5.96. The first-order valence-electron chi connectivity index (χ1n) is 8.74. The molecule has 6 nitrogen and oxygen atoms in total. The molecule has 3 heterocycles. The Balaban J connectivity index is 1.44. The predicted molar refractivity (Wildman–Crippen MR) is 100.0 cm³/mol. The van der Waals surface area contributed by atoms with Gasteiger partial charge in [-0.1, -0.05) is 24.3 Å². The number of hydrogen-bond acceptors (Lipinski definition) is 4. The highest BCUT2D eigenvalue weighted by Crippen LogP contribution is 2.13. The zero-order valence-electron chi connectivity index (χ0n) is 14.4. The lowest BCUT2D eigenvalue weighted by atomic mass is 10.1. The molecule has 6 heteroatoms. The van der Waals surface area contributed by atoms with E-state index in [1.807, 2.05) is 36.4 Å². The summed E-state index contributed by atoms with van der Waals surface area (Å²) in [4.78, 5) is 36.2. The lowest BCUT2D eigenvalue weighted by molar-refractivity contribution is 0.0621. The second-order valence-electron chi connectivity index (χ2n) is 6.49. The van der Waals surface area contributed by atoms with Crippen LogP contribution in [0.3, 0.4) is 0 Å². The Labute approximate surface area is 151 Å². The molecular weight excluding hydrogens is 328 g/mol. The van der Waals surface area contributed by atoms with E-state index in [0.717, 1.165) is 30.7 Å². The summed E-state index contributed by atoms with van der Waals surface area (Å²) in [7, 11) is 0. The normalized spacial score (nSPS) is 15.3. The third kappa shape index (κ3) is 3.36. The molecule has 0 saturated carbocycles. The summed E-state index contributed by atoms with van der Waals surface area (Å²) in [6, 6.07) is 15.0. The minimum Gasteiger partial charge on any atom is -0.335 e. The van der Waals surface area contributed by atoms with Gasteiger partial charge in [-0.25, -0.2) is 0 Å². The number of nitrogens with one attached hydrogen (secondary N) is 1. The number of carbonyl (C=O) groups excluding carboxylic acids is 1. The molecule has 0 aliphatic carbocycles. The molecule has 1 N–H and O–H groups in total. The zero-order valence-corrected chi connectivity index (χ0v) is 14.4. The summed E-state index contributed by atoms with van der Waals surface area (Å²) in [6.45, 7) is 3.65. The largest absolute Gasteiger partial charge is 0.335 e. The minimum absolute atomic E-state index is 0.120. The van der Waals surface area contributed by atoms with Crippen molar-refractivity contribution in [2.75, 3.05) is 26.2 Å². The summed E-state index contributed by atoms with van der Waals surface area (Å²) in [5, 5.41) is 1.39. The van der Waals surface area contributed by atoms with Crippen molar-refractivity contribution in [3.63, 3.8) is 0 Å². The lowest BCUT2D eigenvalue weighted by Crippen LogP contribution is -2.48. The number of rotatable bonds is 3. The summed E-state index contributed by atoms with van der Waals surface area (Å²) in [5.41, 5.74) is 1.17. The molecule has 1 fully saturated rings. The van der Waals surface area contributed by atoms with Crippen LogP contribution in [-0.2, 0) is 6.54 Å². The van der Waals surface area contributed by atoms with Gasteiger partial charge in [0.15, 0.2) is 0 Å². The van der Waals surface area contributed by atoms with Crippen molar-refractivity contribution in [1.29, 1.82) is 0 Å². The number of aromatic amines is 1. The Bertz CT molecular complexity index is 976. The molecule has 2 aromatic heterocycles. The van der Waals surface area contributed by atoms with Crippen molar-refractivity contribution in [1.82, 2.24) is 19.8 Å². The maximum absolute atomic E-state index is 12.8. The molecule has 0 spiro atoms. The van der Waals surface area contributed by atoms with Gasteiger partial charge in [0.2, 0.25) is 0 Å². The van der Waals surface area contributed by atoms with Crippen LogP contribution < -0.4 is 5.56 Å². The number of aromatic nitrogens is 2. The molecule has 1 aromatic carbocycles. The van der Waals surface area contributed by atoms with Crippen LogP contribution in [-0.4, -0.2) is 51.9 Å². The molecule has 1 aliphatic heterocycles. The van der Waals surface area contributed by atoms with Crippen LogP contribution in [0.1, 0.15) is 16.2 Å². The van der Waals surface area contributed by atoms with Gasteiger partial charge in [0.1, 0.15) is 5.69 Å². The van der Waals surface area contributed by atoms with Gasteiger partial charge in [-0.3, -0.25) is 19.5 Å². The van der Waals surface area contributed by atoms with Crippen LogP contribution in [0.5, 0.6) is 0 Å². The average Bonchev–Trinajstić information content (AvgIpc) is 2.69. The first-order chi connectivity index (χ1) is 12.7. The fraction of sp³-hybridized carbons (Fsp3) is 0.250. The summed E-state index contributed by atoms with van der Waals surface area (Å²) in [5.74, 6) is -0.120. The first-order valence-corrected chi connectivity index (χ1v) is 8.74. The van der Waals surface area contributed by atoms with Gasteiger partial charge in [-0.15, -0.1) is 0 Å². The number of amides is 1. The Morgan fingerprint density at radius 2 is 1.81 bits per heavy atom. The third-order valence-corrected chi connectivity index (χ3v) is 4.76. The minimum atomic E-state index is -0.222. The zero-order chi connectivity index (χ0) is 17.9. The number of pyridine rings is 2. The van der Waals surface area contributed by atoms with Gasteiger partial charge in [0.05, 0.1) is 5.69 Å². The maximum atomic E-state index is 12.8. The second-order valence-corrected chi connectivity index (χ2v) is 6.49. The summed E-state index contributed by atoms with van der Waals surface area (Å²) >= 11 is 0. The number of hydrogen-bond donors (Lipinski definition) is 1.